The lowest BCUT2D eigenvalue weighted by Gasteiger charge is -2.50. The first kappa shape index (κ1) is 83.8. The van der Waals surface area contributed by atoms with Gasteiger partial charge in [0.25, 0.3) is 0 Å². The summed E-state index contributed by atoms with van der Waals surface area (Å²) in [5.74, 6) is -0.867. The van der Waals surface area contributed by atoms with Gasteiger partial charge in [-0.2, -0.15) is 0 Å². The van der Waals surface area contributed by atoms with Crippen LogP contribution >= 0.6 is 15.6 Å². The molecule has 8 fully saturated rings. The van der Waals surface area contributed by atoms with Gasteiger partial charge in [-0.25, -0.2) is 9.13 Å². The first-order valence-electron chi connectivity index (χ1n) is 30.6. The Morgan fingerprint density at radius 3 is 1.02 bits per heavy atom. The van der Waals surface area contributed by atoms with E-state index in [1.54, 1.807) is 0 Å². The number of hydrogen-bond donors (Lipinski definition) is 28. The second-order valence-electron chi connectivity index (χ2n) is 24.4. The van der Waals surface area contributed by atoms with Crippen LogP contribution in [0.4, 0.5) is 0 Å². The van der Waals surface area contributed by atoms with Crippen LogP contribution in [-0.4, -0.2) is 441 Å². The number of aliphatic hydroxyl groups excluding tert-OH is 23. The smallest absolute Gasteiger partial charge is 0.394 e. The van der Waals surface area contributed by atoms with Gasteiger partial charge in [-0.05, 0) is 0 Å². The molecule has 8 rings (SSSR count). The fraction of sp³-hybridized carbons (Fsp3) is 0.980. The van der Waals surface area contributed by atoms with E-state index < -0.39 is 320 Å². The molecule has 0 spiro atoms. The van der Waals surface area contributed by atoms with Crippen molar-refractivity contribution in [2.75, 3.05) is 52.9 Å². The Morgan fingerprint density at radius 1 is 0.310 bits per heavy atom. The standard InChI is InChI=1S/C50H87NO47P2/c1-10(56)51-19-27(64)38(14(5-55)86-43(19)75)94-48-37(74)40(96-50-42(32(69)22(59)13(4-54)89-50)98-47-35(72)30(67)24(61)18(93-47)9-85-100(79,80)81)26(63)16(91-48)6-82-44-36(73)39(95-46-34(71)29(66)23(60)17(92-46)8-84-99(76,77)78)25(62)15(90-44)7-83-49-41(31(68)21(58)12(3-53)88-49)97-45-33(70)28(65)20(57)11(2-52)87-45/h11-50,52-55,57-75H,2-9H2,1H3,(H,51,56)(H2,76,77,78)(H2,79,80,81)/t11-,12-,13-,14-,15-,16-,17-,18-,19-,20-,21-,22-,23-,24-,25-,26-,27-,28+,29+,30+,31+,32+,33+,34+,35+,36+,37+,38-,39+,40+,41+,42+,43?,44+,45-,46-,47-,48+,49+,50-/m1/s1. The molecule has 0 aromatic heterocycles. The van der Waals surface area contributed by atoms with Crippen molar-refractivity contribution in [1.29, 1.82) is 0 Å². The van der Waals surface area contributed by atoms with E-state index in [0.29, 0.717) is 0 Å². The van der Waals surface area contributed by atoms with Crippen molar-refractivity contribution >= 4 is 21.6 Å². The number of nitrogens with one attached hydrogen (secondary N) is 1. The number of phosphoric acid groups is 2. The minimum absolute atomic E-state index is 0.867. The Kier molecular flexibility index (Phi) is 29.7. The number of carbonyl (C=O) groups excluding carboxylic acids is 1. The molecule has 8 aliphatic heterocycles. The number of phosphoric ester groups is 2. The van der Waals surface area contributed by atoms with E-state index in [0.717, 1.165) is 6.92 Å². The average Bonchev–Trinajstić information content (AvgIpc) is 0.778. The highest BCUT2D eigenvalue weighted by atomic mass is 31.2. The van der Waals surface area contributed by atoms with Crippen LogP contribution in [0.3, 0.4) is 0 Å². The van der Waals surface area contributed by atoms with E-state index in [9.17, 15) is 151 Å². The van der Waals surface area contributed by atoms with Crippen LogP contribution in [0.25, 0.3) is 0 Å². The van der Waals surface area contributed by atoms with E-state index >= 15 is 0 Å². The second-order valence-corrected chi connectivity index (χ2v) is 26.9. The zero-order valence-corrected chi connectivity index (χ0v) is 53.7. The van der Waals surface area contributed by atoms with Crippen LogP contribution in [-0.2, 0) is 94.0 Å². The lowest BCUT2D eigenvalue weighted by atomic mass is 9.95. The Morgan fingerprint density at radius 2 is 0.610 bits per heavy atom. The highest BCUT2D eigenvalue weighted by Crippen LogP contribution is 2.41. The number of carbonyl (C=O) groups is 1. The van der Waals surface area contributed by atoms with E-state index in [2.05, 4.69) is 14.4 Å². The maximum atomic E-state index is 12.3. The van der Waals surface area contributed by atoms with Gasteiger partial charge >= 0.3 is 15.6 Å². The Labute approximate surface area is 562 Å². The normalized spacial score (nSPS) is 49.3. The van der Waals surface area contributed by atoms with Gasteiger partial charge in [0.1, 0.15) is 195 Å². The fourth-order valence-electron chi connectivity index (χ4n) is 11.9. The molecule has 0 aromatic rings. The minimum Gasteiger partial charge on any atom is -0.394 e. The summed E-state index contributed by atoms with van der Waals surface area (Å²) in [5, 5.41) is 255. The maximum Gasteiger partial charge on any atom is 0.469 e. The van der Waals surface area contributed by atoms with Crippen LogP contribution in [0.2, 0.25) is 0 Å². The number of rotatable bonds is 27. The van der Waals surface area contributed by atoms with Gasteiger partial charge in [-0.1, -0.05) is 0 Å². The molecule has 584 valence electrons. The number of hydrogen-bond acceptors (Lipinski definition) is 43. The third-order valence-corrected chi connectivity index (χ3v) is 18.5. The van der Waals surface area contributed by atoms with Gasteiger partial charge < -0.3 is 213 Å². The molecule has 40 atom stereocenters. The average molecular weight is 1520 g/mol. The van der Waals surface area contributed by atoms with Crippen molar-refractivity contribution in [3.63, 3.8) is 0 Å². The Bertz CT molecular complexity index is 2640. The highest BCUT2D eigenvalue weighted by Gasteiger charge is 2.59. The summed E-state index contributed by atoms with van der Waals surface area (Å²) in [6.45, 7) is -8.21. The predicted molar refractivity (Wildman–Crippen MR) is 298 cm³/mol. The zero-order chi connectivity index (χ0) is 74.1. The summed E-state index contributed by atoms with van der Waals surface area (Å²) >= 11 is 0. The van der Waals surface area contributed by atoms with Crippen molar-refractivity contribution in [1.82, 2.24) is 5.32 Å². The quantitative estimate of drug-likeness (QED) is 0.0340. The third-order valence-electron chi connectivity index (χ3n) is 17.5. The SMILES string of the molecule is CC(=O)N[C@H]1C(O)O[C@H](CO)[C@@H](O[C@@H]2O[C@H](CO[C@H]3O[C@H](CO[C@H]4O[C@H](CO)[C@@H](O)[C@H](O)[C@@H]4O[C@H]4O[C@H](CO)[C@@H](O)[C@H](O)[C@@H]4O)[C@@H](O)[C@H](O[C@H]4O[C@H](COP(=O)(O)O)[C@@H](O)[C@H](O)[C@@H]4O)[C@@H]3O)[C@@H](O)[C@H](O[C@H]3O[C@H](CO)[C@@H](O)[C@H](O)[C@@H]3O[C@H]3O[C@H](COP(=O)(O)O)[C@@H](O)[C@H](O)[C@@H]3O)[C@@H]2O)[C@@H]1O. The van der Waals surface area contributed by atoms with Gasteiger partial charge in [0.2, 0.25) is 5.91 Å². The van der Waals surface area contributed by atoms with Crippen molar-refractivity contribution in [2.45, 2.75) is 253 Å². The largest absolute Gasteiger partial charge is 0.469 e. The Balaban J connectivity index is 1.12. The molecule has 8 aliphatic rings. The van der Waals surface area contributed by atoms with Crippen molar-refractivity contribution < 1.29 is 231 Å². The number of amides is 1. The summed E-state index contributed by atoms with van der Waals surface area (Å²) < 4.78 is 118. The Hall–Kier alpha value is -1.83. The minimum atomic E-state index is -5.36. The van der Waals surface area contributed by atoms with E-state index in [1.165, 1.54) is 0 Å². The monoisotopic (exact) mass is 1520 g/mol. The molecule has 0 aromatic carbocycles. The summed E-state index contributed by atoms with van der Waals surface area (Å²) in [4.78, 5) is 49.6. The van der Waals surface area contributed by atoms with Gasteiger partial charge in [0, 0.05) is 6.92 Å². The molecule has 1 amide bonds. The number of ether oxygens (including phenoxy) is 15. The molecule has 28 N–H and O–H groups in total. The molecule has 100 heavy (non-hydrogen) atoms. The van der Waals surface area contributed by atoms with Crippen molar-refractivity contribution in [3.8, 4) is 0 Å². The molecule has 8 heterocycles. The summed E-state index contributed by atoms with van der Waals surface area (Å²) in [5.41, 5.74) is 0. The maximum absolute atomic E-state index is 12.3. The van der Waals surface area contributed by atoms with Crippen LogP contribution < -0.4 is 5.32 Å². The molecule has 48 nitrogen and oxygen atoms in total. The van der Waals surface area contributed by atoms with Crippen LogP contribution in [0.1, 0.15) is 6.92 Å². The molecule has 0 bridgehead atoms. The molecule has 8 saturated heterocycles. The molecule has 50 heteroatoms. The lowest BCUT2D eigenvalue weighted by Crippen LogP contribution is -2.69. The van der Waals surface area contributed by atoms with E-state index in [-0.39, 0.29) is 0 Å². The zero-order valence-electron chi connectivity index (χ0n) is 51.9. The van der Waals surface area contributed by atoms with Crippen molar-refractivity contribution in [2.24, 2.45) is 0 Å². The molecular formula is C50H87NO47P2. The summed E-state index contributed by atoms with van der Waals surface area (Å²) in [6.07, 6.45) is -85.4. The van der Waals surface area contributed by atoms with Crippen molar-refractivity contribution in [3.05, 3.63) is 0 Å². The van der Waals surface area contributed by atoms with Gasteiger partial charge in [-0.15, -0.1) is 0 Å². The molecule has 0 saturated carbocycles. The molecular weight excluding hydrogens is 1430 g/mol. The van der Waals surface area contributed by atoms with Crippen LogP contribution in [0.15, 0.2) is 0 Å². The van der Waals surface area contributed by atoms with Crippen LogP contribution in [0, 0.1) is 0 Å². The van der Waals surface area contributed by atoms with Gasteiger partial charge in [0.15, 0.2) is 50.3 Å². The number of aliphatic hydroxyl groups is 23. The van der Waals surface area contributed by atoms with Crippen LogP contribution in [0.5, 0.6) is 0 Å². The van der Waals surface area contributed by atoms with Gasteiger partial charge in [0.05, 0.1) is 52.9 Å². The van der Waals surface area contributed by atoms with E-state index in [4.69, 9.17) is 71.1 Å². The molecule has 0 radical (unpaired) electrons. The lowest BCUT2D eigenvalue weighted by molar-refractivity contribution is -0.398. The highest BCUT2D eigenvalue weighted by molar-refractivity contribution is 7.46. The first-order chi connectivity index (χ1) is 46.8. The summed E-state index contributed by atoms with van der Waals surface area (Å²) in [6, 6.07) is -1.78. The first-order valence-corrected chi connectivity index (χ1v) is 33.7. The molecule has 1 unspecified atom stereocenters. The van der Waals surface area contributed by atoms with E-state index in [1.807, 2.05) is 0 Å². The second kappa shape index (κ2) is 35.5. The fourth-order valence-corrected chi connectivity index (χ4v) is 12.6. The molecule has 0 aliphatic carbocycles. The predicted octanol–water partition coefficient (Wildman–Crippen LogP) is -18.1. The summed E-state index contributed by atoms with van der Waals surface area (Å²) in [7, 11) is -10.7. The third kappa shape index (κ3) is 19.3. The van der Waals surface area contributed by atoms with Gasteiger partial charge in [-0.3, -0.25) is 13.8 Å². The topological polar surface area (TPSA) is 766 Å².